The molecule has 0 radical (unpaired) electrons. The van der Waals surface area contributed by atoms with Crippen LogP contribution in [0.15, 0.2) is 24.3 Å². The van der Waals surface area contributed by atoms with Crippen LogP contribution in [0.25, 0.3) is 0 Å². The molecule has 0 aromatic heterocycles. The van der Waals surface area contributed by atoms with Crippen LogP contribution in [-0.4, -0.2) is 19.0 Å². The molecule has 0 N–H and O–H groups in total. The van der Waals surface area contributed by atoms with Gasteiger partial charge >= 0.3 is 0 Å². The summed E-state index contributed by atoms with van der Waals surface area (Å²) in [5.74, 6) is 1.53. The van der Waals surface area contributed by atoms with Crippen LogP contribution >= 0.6 is 15.9 Å². The lowest BCUT2D eigenvalue weighted by Crippen LogP contribution is -2.13. The summed E-state index contributed by atoms with van der Waals surface area (Å²) < 4.78 is 11.3. The Morgan fingerprint density at radius 3 is 2.50 bits per heavy atom. The minimum absolute atomic E-state index is 0.0979. The second-order valence-electron chi connectivity index (χ2n) is 4.44. The molecule has 18 heavy (non-hydrogen) atoms. The molecule has 3 heteroatoms. The second kappa shape index (κ2) is 8.54. The van der Waals surface area contributed by atoms with Gasteiger partial charge in [0.15, 0.2) is 0 Å². The highest BCUT2D eigenvalue weighted by atomic mass is 79.9. The van der Waals surface area contributed by atoms with Crippen LogP contribution in [0.3, 0.4) is 0 Å². The SMILES string of the molecule is CCC(CC)COC(CBr)c1cccc(OC)c1. The summed E-state index contributed by atoms with van der Waals surface area (Å²) in [5, 5.41) is 0.806. The average Bonchev–Trinajstić information content (AvgIpc) is 2.44. The number of alkyl halides is 1. The molecule has 1 aromatic carbocycles. The third-order valence-corrected chi connectivity index (χ3v) is 3.88. The lowest BCUT2D eigenvalue weighted by atomic mass is 10.0. The molecule has 0 aliphatic rings. The van der Waals surface area contributed by atoms with Crippen LogP contribution in [0.2, 0.25) is 0 Å². The topological polar surface area (TPSA) is 18.5 Å². The van der Waals surface area contributed by atoms with Gasteiger partial charge < -0.3 is 9.47 Å². The zero-order chi connectivity index (χ0) is 13.4. The summed E-state index contributed by atoms with van der Waals surface area (Å²) in [5.41, 5.74) is 1.16. The number of hydrogen-bond acceptors (Lipinski definition) is 2. The first kappa shape index (κ1) is 15.5. The normalized spacial score (nSPS) is 12.7. The molecule has 1 unspecified atom stereocenters. The van der Waals surface area contributed by atoms with Crippen molar-refractivity contribution in [3.05, 3.63) is 29.8 Å². The minimum Gasteiger partial charge on any atom is -0.497 e. The Balaban J connectivity index is 2.64. The van der Waals surface area contributed by atoms with E-state index in [0.29, 0.717) is 5.92 Å². The van der Waals surface area contributed by atoms with E-state index in [9.17, 15) is 0 Å². The lowest BCUT2D eigenvalue weighted by Gasteiger charge is -2.20. The van der Waals surface area contributed by atoms with E-state index in [1.807, 2.05) is 18.2 Å². The Kier molecular flexibility index (Phi) is 7.36. The maximum Gasteiger partial charge on any atom is 0.119 e. The molecular formula is C15H23BrO2. The van der Waals surface area contributed by atoms with Gasteiger partial charge in [-0.25, -0.2) is 0 Å². The maximum atomic E-state index is 6.02. The summed E-state index contributed by atoms with van der Waals surface area (Å²) >= 11 is 3.53. The van der Waals surface area contributed by atoms with Crippen LogP contribution < -0.4 is 4.74 Å². The third-order valence-electron chi connectivity index (χ3n) is 3.29. The molecule has 102 valence electrons. The molecule has 0 aliphatic heterocycles. The van der Waals surface area contributed by atoms with Gasteiger partial charge in [0.1, 0.15) is 5.75 Å². The summed E-state index contributed by atoms with van der Waals surface area (Å²) in [6.45, 7) is 5.25. The van der Waals surface area contributed by atoms with Crippen molar-refractivity contribution in [2.75, 3.05) is 19.0 Å². The van der Waals surface area contributed by atoms with E-state index < -0.39 is 0 Å². The first-order chi connectivity index (χ1) is 8.74. The molecule has 0 heterocycles. The third kappa shape index (κ3) is 4.62. The molecular weight excluding hydrogens is 292 g/mol. The van der Waals surface area contributed by atoms with Crippen LogP contribution in [0.4, 0.5) is 0 Å². The summed E-state index contributed by atoms with van der Waals surface area (Å²) in [7, 11) is 1.69. The first-order valence-corrected chi connectivity index (χ1v) is 7.68. The predicted molar refractivity (Wildman–Crippen MR) is 79.6 cm³/mol. The monoisotopic (exact) mass is 314 g/mol. The van der Waals surface area contributed by atoms with Crippen molar-refractivity contribution in [2.45, 2.75) is 32.8 Å². The molecule has 1 rings (SSSR count). The Bertz CT molecular complexity index is 337. The van der Waals surface area contributed by atoms with Gasteiger partial charge in [0, 0.05) is 5.33 Å². The minimum atomic E-state index is 0.0979. The van der Waals surface area contributed by atoms with Gasteiger partial charge in [-0.3, -0.25) is 0 Å². The average molecular weight is 315 g/mol. The van der Waals surface area contributed by atoms with Gasteiger partial charge in [0.2, 0.25) is 0 Å². The second-order valence-corrected chi connectivity index (χ2v) is 5.08. The van der Waals surface area contributed by atoms with Crippen LogP contribution in [0, 0.1) is 5.92 Å². The van der Waals surface area contributed by atoms with E-state index in [-0.39, 0.29) is 6.10 Å². The van der Waals surface area contributed by atoms with Gasteiger partial charge in [-0.15, -0.1) is 0 Å². The zero-order valence-corrected chi connectivity index (χ0v) is 13.1. The Hall–Kier alpha value is -0.540. The molecule has 0 fully saturated rings. The Morgan fingerprint density at radius 2 is 1.94 bits per heavy atom. The molecule has 0 saturated carbocycles. The van der Waals surface area contributed by atoms with Gasteiger partial charge in [0.25, 0.3) is 0 Å². The summed E-state index contributed by atoms with van der Waals surface area (Å²) in [4.78, 5) is 0. The predicted octanol–water partition coefficient (Wildman–Crippen LogP) is 4.58. The molecule has 0 spiro atoms. The molecule has 0 amide bonds. The number of rotatable bonds is 8. The van der Waals surface area contributed by atoms with Gasteiger partial charge in [-0.05, 0) is 23.6 Å². The highest BCUT2D eigenvalue weighted by Crippen LogP contribution is 2.25. The Labute approximate surface area is 119 Å². The quantitative estimate of drug-likeness (QED) is 0.654. The highest BCUT2D eigenvalue weighted by Gasteiger charge is 2.13. The number of hydrogen-bond donors (Lipinski definition) is 0. The molecule has 0 aliphatic carbocycles. The largest absolute Gasteiger partial charge is 0.497 e. The fourth-order valence-electron chi connectivity index (χ4n) is 1.85. The molecule has 1 atom stereocenters. The van der Waals surface area contributed by atoms with Crippen molar-refractivity contribution in [2.24, 2.45) is 5.92 Å². The fraction of sp³-hybridized carbons (Fsp3) is 0.600. The van der Waals surface area contributed by atoms with Gasteiger partial charge in [-0.1, -0.05) is 54.8 Å². The van der Waals surface area contributed by atoms with E-state index in [0.717, 1.165) is 23.2 Å². The van der Waals surface area contributed by atoms with Crippen molar-refractivity contribution < 1.29 is 9.47 Å². The number of benzene rings is 1. The van der Waals surface area contributed by atoms with Crippen LogP contribution in [0.1, 0.15) is 38.4 Å². The standard InChI is InChI=1S/C15H23BrO2/c1-4-12(5-2)11-18-15(10-16)13-7-6-8-14(9-13)17-3/h6-9,12,15H,4-5,10-11H2,1-3H3. The van der Waals surface area contributed by atoms with Crippen molar-refractivity contribution in [1.29, 1.82) is 0 Å². The summed E-state index contributed by atoms with van der Waals surface area (Å²) in [6.07, 6.45) is 2.44. The first-order valence-electron chi connectivity index (χ1n) is 6.56. The lowest BCUT2D eigenvalue weighted by molar-refractivity contribution is 0.0409. The summed E-state index contributed by atoms with van der Waals surface area (Å²) in [6, 6.07) is 8.08. The Morgan fingerprint density at radius 1 is 1.22 bits per heavy atom. The molecule has 1 aromatic rings. The smallest absolute Gasteiger partial charge is 0.119 e. The van der Waals surface area contributed by atoms with E-state index in [1.54, 1.807) is 7.11 Å². The fourth-order valence-corrected chi connectivity index (χ4v) is 2.41. The van der Waals surface area contributed by atoms with E-state index in [4.69, 9.17) is 9.47 Å². The number of ether oxygens (including phenoxy) is 2. The molecule has 0 bridgehead atoms. The van der Waals surface area contributed by atoms with Gasteiger partial charge in [0.05, 0.1) is 19.8 Å². The zero-order valence-electron chi connectivity index (χ0n) is 11.5. The molecule has 2 nitrogen and oxygen atoms in total. The van der Waals surface area contributed by atoms with Crippen LogP contribution in [-0.2, 0) is 4.74 Å². The van der Waals surface area contributed by atoms with E-state index >= 15 is 0 Å². The van der Waals surface area contributed by atoms with E-state index in [2.05, 4.69) is 35.8 Å². The van der Waals surface area contributed by atoms with Crippen LogP contribution in [0.5, 0.6) is 5.75 Å². The number of methoxy groups -OCH3 is 1. The van der Waals surface area contributed by atoms with Crippen molar-refractivity contribution in [3.63, 3.8) is 0 Å². The number of halogens is 1. The van der Waals surface area contributed by atoms with Crippen molar-refractivity contribution >= 4 is 15.9 Å². The van der Waals surface area contributed by atoms with Crippen molar-refractivity contribution in [3.8, 4) is 5.75 Å². The van der Waals surface area contributed by atoms with E-state index in [1.165, 1.54) is 12.8 Å². The van der Waals surface area contributed by atoms with Crippen molar-refractivity contribution in [1.82, 2.24) is 0 Å². The maximum absolute atomic E-state index is 6.02. The highest BCUT2D eigenvalue weighted by molar-refractivity contribution is 9.09. The molecule has 0 saturated heterocycles. The van der Waals surface area contributed by atoms with Gasteiger partial charge in [-0.2, -0.15) is 0 Å².